The third kappa shape index (κ3) is 20.3. The van der Waals surface area contributed by atoms with Crippen molar-refractivity contribution in [1.82, 2.24) is 0 Å². The number of aliphatic hydroxyl groups excluding tert-OH is 1. The molecule has 3 unspecified atom stereocenters. The fourth-order valence-corrected chi connectivity index (χ4v) is 23.7. The lowest BCUT2D eigenvalue weighted by molar-refractivity contribution is -0.312. The van der Waals surface area contributed by atoms with Gasteiger partial charge in [0.15, 0.2) is 31.5 Å². The number of carbonyl (C=O) groups excluding carboxylic acids is 3. The van der Waals surface area contributed by atoms with Crippen molar-refractivity contribution in [2.75, 3.05) is 79.3 Å². The van der Waals surface area contributed by atoms with E-state index in [4.69, 9.17) is 77.9 Å². The van der Waals surface area contributed by atoms with Crippen LogP contribution in [0.5, 0.6) is 0 Å². The molecule has 113 heavy (non-hydrogen) atoms. The minimum atomic E-state index is -1.69. The summed E-state index contributed by atoms with van der Waals surface area (Å²) in [5.41, 5.74) is -0.999. The smallest absolute Gasteiger partial charge is 0.282 e. The van der Waals surface area contributed by atoms with Crippen LogP contribution >= 0.6 is 0 Å². The summed E-state index contributed by atoms with van der Waals surface area (Å²) in [5.74, 6) is -1.03. The standard InChI is InChI=1S/C20H40O4Si.2C14H24O3.C13H19NO2.C13H17NO2.C12H20O2.C2H3N.C2H6.3CH4.H2/c1-17(2,3)25(7,8)24-13-9-10-19(6)11-12-20(22-14-15-23-20)18(4,5)16(19)21;2*1-12(2)11-13(3,5-4-8-15-11)6-7-14(12)16-9-10-17-14;2*1-12(2)10(15)9(14-4)8-13(3)6-5-7-16-11(12)13;1-11(2)9(13)5-7-12(3)6-4-8-14-10(11)12;1-2-3;1-2;;;;/h16,21H,9-15H2,1-8H3;2*11H,4-10H2,1-3H3;9,11H,5-8H2,1-3H3;8,11H,5-7H2,1-3H3;10H,4-8H2,1-3H3;1H3;1-2H3;3*1H4;1H/t;11-,13+;11-,13-;9?,11-,13+;11-,13+;10-,12+;;;;;;/m.10111....../s1/i;;;;;;;;;;;1+1D. The third-order valence-electron chi connectivity index (χ3n) is 29.8. The van der Waals surface area contributed by atoms with Crippen LogP contribution in [0.1, 0.15) is 326 Å². The second kappa shape index (κ2) is 38.8. The van der Waals surface area contributed by atoms with Gasteiger partial charge in [0.25, 0.3) is 6.04 Å². The normalized spacial score (nSPS) is 36.9. The van der Waals surface area contributed by atoms with Gasteiger partial charge in [-0.15, -0.1) is 0 Å². The summed E-state index contributed by atoms with van der Waals surface area (Å²) in [7, 11) is -1.69. The molecule has 0 radical (unpaired) electrons. The number of nitrogens with zero attached hydrogens (tertiary/aromatic N) is 3. The zero-order valence-corrected chi connectivity index (χ0v) is 74.9. The van der Waals surface area contributed by atoms with Crippen molar-refractivity contribution in [3.8, 4) is 6.07 Å². The van der Waals surface area contributed by atoms with Crippen LogP contribution in [0.2, 0.25) is 18.1 Å². The maximum absolute atomic E-state index is 12.2. The molecule has 8 saturated heterocycles. The Morgan fingerprint density at radius 3 is 1.29 bits per heavy atom. The molecule has 3 spiro atoms. The third-order valence-corrected chi connectivity index (χ3v) is 34.4. The fraction of sp³-hybridized carbons (Fsp3) is 0.914. The highest BCUT2D eigenvalue weighted by atomic mass is 28.4. The molecular formula is C93H167N3O16Si. The molecule has 19 nitrogen and oxygen atoms in total. The van der Waals surface area contributed by atoms with E-state index in [0.29, 0.717) is 36.2 Å². The van der Waals surface area contributed by atoms with Gasteiger partial charge in [0.05, 0.1) is 99.7 Å². The lowest BCUT2D eigenvalue weighted by Gasteiger charge is -2.59. The number of Topliss-reactive ketones (excluding diaryl/α,β-unsaturated/α-hetero) is 3. The molecule has 0 aromatic carbocycles. The number of carbonyl (C=O) groups is 3. The predicted molar refractivity (Wildman–Crippen MR) is 455 cm³/mol. The zero-order valence-electron chi connectivity index (χ0n) is 75.9. The summed E-state index contributed by atoms with van der Waals surface area (Å²) >= 11 is 0. The number of nitriles is 1. The predicted octanol–water partition coefficient (Wildman–Crippen LogP) is 21.5. The Bertz CT molecular complexity index is 3210. The van der Waals surface area contributed by atoms with Gasteiger partial charge < -0.3 is 71.3 Å². The van der Waals surface area contributed by atoms with Crippen LogP contribution in [-0.2, 0) is 70.9 Å². The van der Waals surface area contributed by atoms with Gasteiger partial charge in [-0.3, -0.25) is 9.59 Å². The first kappa shape index (κ1) is 100. The number of ether oxygens (including phenoxy) is 11. The van der Waals surface area contributed by atoms with Gasteiger partial charge in [-0.25, -0.2) is 11.4 Å². The molecule has 0 bridgehead atoms. The van der Waals surface area contributed by atoms with Crippen LogP contribution in [0.15, 0.2) is 11.8 Å². The van der Waals surface area contributed by atoms with E-state index < -0.39 is 54.1 Å². The lowest BCUT2D eigenvalue weighted by Crippen LogP contribution is -2.63. The van der Waals surface area contributed by atoms with Gasteiger partial charge in [-0.05, 0) is 143 Å². The highest BCUT2D eigenvalue weighted by Gasteiger charge is 2.67. The van der Waals surface area contributed by atoms with Crippen molar-refractivity contribution in [3.05, 3.63) is 34.6 Å². The molecule has 1 N–H and O–H groups in total. The number of rotatable bonds is 5. The average molecular weight is 1610 g/mol. The summed E-state index contributed by atoms with van der Waals surface area (Å²) in [5, 5.41) is 18.7. The molecule has 5 saturated carbocycles. The fourth-order valence-electron chi connectivity index (χ4n) is 22.6. The van der Waals surface area contributed by atoms with Gasteiger partial charge >= 0.3 is 0 Å². The molecule has 0 amide bonds. The van der Waals surface area contributed by atoms with Gasteiger partial charge in [-0.2, -0.15) is 5.26 Å². The van der Waals surface area contributed by atoms with Crippen LogP contribution in [0, 0.1) is 89.5 Å². The van der Waals surface area contributed by atoms with Crippen LogP contribution in [0.25, 0.3) is 9.69 Å². The van der Waals surface area contributed by atoms with Crippen LogP contribution < -0.4 is 0 Å². The zero-order chi connectivity index (χ0) is 84.5. The number of hydrogen-bond acceptors (Lipinski definition) is 17. The van der Waals surface area contributed by atoms with E-state index in [-0.39, 0.29) is 113 Å². The molecular weight excluding hydrogens is 1440 g/mol. The first-order valence-electron chi connectivity index (χ1n) is 43.6. The molecule has 654 valence electrons. The first-order chi connectivity index (χ1) is 52.0. The molecule has 13 atom stereocenters. The van der Waals surface area contributed by atoms with Gasteiger partial charge in [-0.1, -0.05) is 188 Å². The maximum atomic E-state index is 12.2. The molecule has 14 aliphatic rings. The lowest BCUT2D eigenvalue weighted by atomic mass is 9.56. The van der Waals surface area contributed by atoms with E-state index in [1.54, 1.807) is 6.07 Å². The van der Waals surface area contributed by atoms with Crippen molar-refractivity contribution in [3.63, 3.8) is 0 Å². The largest absolute Gasteiger partial charge is 0.417 e. The Morgan fingerprint density at radius 1 is 0.522 bits per heavy atom. The number of fused-ring (bicyclic) bond motifs is 5. The summed E-state index contributed by atoms with van der Waals surface area (Å²) in [4.78, 5) is 43.0. The van der Waals surface area contributed by atoms with Gasteiger partial charge in [0.1, 0.15) is 5.78 Å². The van der Waals surface area contributed by atoms with Crippen LogP contribution in [-0.4, -0.2) is 170 Å². The van der Waals surface area contributed by atoms with Crippen LogP contribution in [0.4, 0.5) is 0 Å². The summed E-state index contributed by atoms with van der Waals surface area (Å²) in [6.45, 7) is 78.6. The minimum Gasteiger partial charge on any atom is -0.417 e. The highest BCUT2D eigenvalue weighted by molar-refractivity contribution is 6.74. The first-order valence-corrected chi connectivity index (χ1v) is 45.5. The van der Waals surface area contributed by atoms with Gasteiger partial charge in [0, 0.05) is 114 Å². The van der Waals surface area contributed by atoms with E-state index in [2.05, 4.69) is 127 Å². The highest BCUT2D eigenvalue weighted by Crippen LogP contribution is 2.62. The quantitative estimate of drug-likeness (QED) is 0.154. The van der Waals surface area contributed by atoms with E-state index >= 15 is 0 Å². The van der Waals surface area contributed by atoms with Crippen molar-refractivity contribution in [1.29, 1.82) is 5.26 Å². The molecule has 13 fully saturated rings. The monoisotopic (exact) mass is 1610 g/mol. The van der Waals surface area contributed by atoms with E-state index in [0.717, 1.165) is 162 Å². The molecule has 8 heterocycles. The molecule has 8 aliphatic heterocycles. The summed E-state index contributed by atoms with van der Waals surface area (Å²) in [6, 6.07) is 1.29. The second-order valence-corrected chi connectivity index (χ2v) is 46.0. The molecule has 0 aromatic heterocycles. The molecule has 6 aliphatic carbocycles. The topological polar surface area (TPSA) is 215 Å². The Kier molecular flexibility index (Phi) is 34.5. The van der Waals surface area contributed by atoms with Crippen molar-refractivity contribution in [2.24, 2.45) is 65.0 Å². The van der Waals surface area contributed by atoms with Gasteiger partial charge in [0.2, 0.25) is 11.5 Å². The van der Waals surface area contributed by atoms with E-state index in [1.165, 1.54) is 39.0 Å². The molecule has 20 heteroatoms. The van der Waals surface area contributed by atoms with Crippen molar-refractivity contribution >= 4 is 25.7 Å². The Balaban J connectivity index is 0.000000352. The maximum Gasteiger partial charge on any atom is 0.282 e. The minimum absolute atomic E-state index is 0. The Labute approximate surface area is 692 Å². The Morgan fingerprint density at radius 2 is 0.885 bits per heavy atom. The second-order valence-electron chi connectivity index (χ2n) is 41.2. The van der Waals surface area contributed by atoms with Crippen molar-refractivity contribution in [2.45, 2.75) is 401 Å². The molecule has 0 aromatic rings. The Hall–Kier alpha value is -3.08. The van der Waals surface area contributed by atoms with Crippen LogP contribution in [0.3, 0.4) is 0 Å². The average Bonchev–Trinajstić information content (AvgIpc) is 1.67. The van der Waals surface area contributed by atoms with Crippen molar-refractivity contribution < 1.29 is 79.0 Å². The summed E-state index contributed by atoms with van der Waals surface area (Å²) < 4.78 is 81.9. The summed E-state index contributed by atoms with van der Waals surface area (Å²) in [6.07, 6.45) is 23.9. The number of allylic oxidation sites excluding steroid dienone is 1. The SMILES string of the molecule is C.C.C.CC.CC#N.CC1(C)C(=O)CC[C@]2(C)CCCO[C@H]12.CC1(C)[C@@H]2OCCC[C@@]2(C)CCC12OCCO2.CC1(C)[C@H]2OCCC[C@@]2(C)CCC12OCCO2.CC1(CCCO[Si](C)(C)C(C)(C)C)CCC2(OCCO2)C(C)(C)C1O.[2H][2H].[C-]#[N+]C1=C[C@]2(C)CCCO[C@@H]2C(C)(C)C1=O.[C-]#[N+]C1C[C@]2(C)CCCO[C@@H]2C(C)(C)C1=O. The number of ketones is 3. The molecule has 14 rings (SSSR count). The number of aliphatic hydroxyl groups is 1. The van der Waals surface area contributed by atoms with E-state index in [9.17, 15) is 19.5 Å². The number of hydrogen-bond donors (Lipinski definition) is 1. The van der Waals surface area contributed by atoms with E-state index in [1.807, 2.05) is 61.5 Å².